The van der Waals surface area contributed by atoms with Gasteiger partial charge in [0.25, 0.3) is 0 Å². The molecule has 74 valence electrons. The number of benzene rings is 1. The molecule has 2 nitrogen and oxygen atoms in total. The second-order valence-electron chi connectivity index (χ2n) is 3.22. The molecule has 1 unspecified atom stereocenters. The molecule has 0 aliphatic rings. The summed E-state index contributed by atoms with van der Waals surface area (Å²) in [6, 6.07) is 7.18. The summed E-state index contributed by atoms with van der Waals surface area (Å²) in [6.45, 7) is 3.66. The summed E-state index contributed by atoms with van der Waals surface area (Å²) in [6.07, 6.45) is 1.93. The number of nitrogens with zero attached hydrogens (tertiary/aromatic N) is 1. The number of hydrogen-bond donors (Lipinski definition) is 0. The lowest BCUT2D eigenvalue weighted by Gasteiger charge is -2.02. The molecule has 1 rings (SSSR count). The van der Waals surface area contributed by atoms with Gasteiger partial charge >= 0.3 is 0 Å². The Hall–Kier alpha value is -1.15. The maximum atomic E-state index is 10.3. The number of nitroso groups, excluding NO2 is 1. The second-order valence-corrected chi connectivity index (χ2v) is 3.66. The van der Waals surface area contributed by atoms with E-state index in [-0.39, 0.29) is 6.04 Å². The van der Waals surface area contributed by atoms with Gasteiger partial charge in [-0.1, -0.05) is 35.0 Å². The fourth-order valence-electron chi connectivity index (χ4n) is 1.03. The van der Waals surface area contributed by atoms with Gasteiger partial charge in [-0.25, -0.2) is 0 Å². The number of halogens is 1. The largest absolute Gasteiger partial charge is 0.150 e. The van der Waals surface area contributed by atoms with Crippen LogP contribution in [-0.2, 0) is 0 Å². The van der Waals surface area contributed by atoms with Crippen LogP contribution in [0.5, 0.6) is 0 Å². The molecule has 14 heavy (non-hydrogen) atoms. The quantitative estimate of drug-likeness (QED) is 0.695. The molecule has 0 fully saturated rings. The van der Waals surface area contributed by atoms with Crippen molar-refractivity contribution in [2.45, 2.75) is 19.9 Å². The molecule has 0 bridgehead atoms. The number of rotatable bonds is 3. The second kappa shape index (κ2) is 4.91. The molecular weight excluding hydrogens is 198 g/mol. The Labute approximate surface area is 88.6 Å². The third kappa shape index (κ3) is 2.96. The van der Waals surface area contributed by atoms with E-state index >= 15 is 0 Å². The van der Waals surface area contributed by atoms with Gasteiger partial charge in [-0.15, -0.1) is 0 Å². The molecule has 0 aromatic heterocycles. The SMILES string of the molecule is C/C(=C\c1ccc(Cl)cc1)C(C)N=O. The van der Waals surface area contributed by atoms with Crippen LogP contribution >= 0.6 is 11.6 Å². The minimum atomic E-state index is -0.273. The Bertz CT molecular complexity index is 343. The van der Waals surface area contributed by atoms with E-state index in [2.05, 4.69) is 5.18 Å². The van der Waals surface area contributed by atoms with Crippen LogP contribution in [-0.4, -0.2) is 6.04 Å². The van der Waals surface area contributed by atoms with E-state index in [1.54, 1.807) is 6.92 Å². The van der Waals surface area contributed by atoms with Crippen LogP contribution in [0.25, 0.3) is 6.08 Å². The molecule has 1 aromatic rings. The van der Waals surface area contributed by atoms with E-state index in [1.807, 2.05) is 37.3 Å². The highest BCUT2D eigenvalue weighted by Gasteiger charge is 2.02. The fourth-order valence-corrected chi connectivity index (χ4v) is 1.15. The Kier molecular flexibility index (Phi) is 3.84. The van der Waals surface area contributed by atoms with Crippen LogP contribution in [0.2, 0.25) is 5.02 Å². The summed E-state index contributed by atoms with van der Waals surface area (Å²) in [5.74, 6) is 0. The molecule has 0 N–H and O–H groups in total. The van der Waals surface area contributed by atoms with Crippen molar-refractivity contribution in [3.05, 3.63) is 45.3 Å². The van der Waals surface area contributed by atoms with E-state index in [9.17, 15) is 4.91 Å². The van der Waals surface area contributed by atoms with Crippen LogP contribution in [0.15, 0.2) is 35.0 Å². The summed E-state index contributed by atoms with van der Waals surface area (Å²) in [7, 11) is 0. The Morgan fingerprint density at radius 3 is 2.50 bits per heavy atom. The van der Waals surface area contributed by atoms with E-state index in [0.29, 0.717) is 5.02 Å². The van der Waals surface area contributed by atoms with Crippen molar-refractivity contribution in [3.63, 3.8) is 0 Å². The van der Waals surface area contributed by atoms with Gasteiger partial charge in [0.15, 0.2) is 0 Å². The van der Waals surface area contributed by atoms with E-state index in [0.717, 1.165) is 11.1 Å². The smallest absolute Gasteiger partial charge is 0.110 e. The molecule has 1 aromatic carbocycles. The van der Waals surface area contributed by atoms with Crippen molar-refractivity contribution in [2.24, 2.45) is 5.18 Å². The molecule has 0 heterocycles. The summed E-state index contributed by atoms with van der Waals surface area (Å²) in [5.41, 5.74) is 1.98. The van der Waals surface area contributed by atoms with Crippen LogP contribution < -0.4 is 0 Å². The summed E-state index contributed by atoms with van der Waals surface area (Å²) in [5, 5.41) is 3.67. The van der Waals surface area contributed by atoms with Crippen molar-refractivity contribution in [3.8, 4) is 0 Å². The topological polar surface area (TPSA) is 29.4 Å². The Morgan fingerprint density at radius 2 is 2.00 bits per heavy atom. The fraction of sp³-hybridized carbons (Fsp3) is 0.273. The zero-order valence-corrected chi connectivity index (χ0v) is 8.95. The van der Waals surface area contributed by atoms with E-state index in [4.69, 9.17) is 11.6 Å². The van der Waals surface area contributed by atoms with Gasteiger partial charge in [-0.2, -0.15) is 4.91 Å². The van der Waals surface area contributed by atoms with Gasteiger partial charge in [0.05, 0.1) is 0 Å². The first kappa shape index (κ1) is 10.9. The van der Waals surface area contributed by atoms with E-state index < -0.39 is 0 Å². The lowest BCUT2D eigenvalue weighted by atomic mass is 10.1. The van der Waals surface area contributed by atoms with Crippen LogP contribution in [0.1, 0.15) is 19.4 Å². The lowest BCUT2D eigenvalue weighted by molar-refractivity contribution is 0.860. The molecule has 0 radical (unpaired) electrons. The van der Waals surface area contributed by atoms with Crippen LogP contribution in [0.4, 0.5) is 0 Å². The molecule has 1 atom stereocenters. The lowest BCUT2D eigenvalue weighted by Crippen LogP contribution is -1.97. The molecule has 0 saturated heterocycles. The molecule has 0 aliphatic carbocycles. The van der Waals surface area contributed by atoms with Crippen LogP contribution in [0.3, 0.4) is 0 Å². The average Bonchev–Trinajstić information content (AvgIpc) is 2.20. The summed E-state index contributed by atoms with van der Waals surface area (Å²) < 4.78 is 0. The van der Waals surface area contributed by atoms with Crippen molar-refractivity contribution >= 4 is 17.7 Å². The third-order valence-corrected chi connectivity index (χ3v) is 2.33. The van der Waals surface area contributed by atoms with Crippen molar-refractivity contribution in [2.75, 3.05) is 0 Å². The molecular formula is C11H12ClNO. The normalized spacial score (nSPS) is 13.8. The maximum Gasteiger partial charge on any atom is 0.110 e. The summed E-state index contributed by atoms with van der Waals surface area (Å²) >= 11 is 5.75. The van der Waals surface area contributed by atoms with Gasteiger partial charge in [0.1, 0.15) is 6.04 Å². The van der Waals surface area contributed by atoms with Crippen molar-refractivity contribution in [1.82, 2.24) is 0 Å². The molecule has 0 amide bonds. The maximum absolute atomic E-state index is 10.3. The molecule has 0 aliphatic heterocycles. The monoisotopic (exact) mass is 209 g/mol. The first-order chi connectivity index (χ1) is 6.63. The molecule has 0 saturated carbocycles. The predicted octanol–water partition coefficient (Wildman–Crippen LogP) is 3.90. The van der Waals surface area contributed by atoms with Gasteiger partial charge in [0.2, 0.25) is 0 Å². The Balaban J connectivity index is 2.86. The zero-order valence-electron chi connectivity index (χ0n) is 8.20. The zero-order chi connectivity index (χ0) is 10.6. The minimum Gasteiger partial charge on any atom is -0.150 e. The van der Waals surface area contributed by atoms with E-state index in [1.165, 1.54) is 0 Å². The van der Waals surface area contributed by atoms with Gasteiger partial charge in [-0.05, 0) is 37.1 Å². The number of hydrogen-bond acceptors (Lipinski definition) is 2. The first-order valence-electron chi connectivity index (χ1n) is 4.39. The third-order valence-electron chi connectivity index (χ3n) is 2.08. The molecule has 0 spiro atoms. The highest BCUT2D eigenvalue weighted by Crippen LogP contribution is 2.14. The van der Waals surface area contributed by atoms with Gasteiger partial charge < -0.3 is 0 Å². The highest BCUT2D eigenvalue weighted by molar-refractivity contribution is 6.30. The predicted molar refractivity (Wildman–Crippen MR) is 60.4 cm³/mol. The van der Waals surface area contributed by atoms with Gasteiger partial charge in [0, 0.05) is 5.02 Å². The highest BCUT2D eigenvalue weighted by atomic mass is 35.5. The van der Waals surface area contributed by atoms with Crippen molar-refractivity contribution in [1.29, 1.82) is 0 Å². The van der Waals surface area contributed by atoms with Crippen LogP contribution in [0, 0.1) is 4.91 Å². The standard InChI is InChI=1S/C11H12ClNO/c1-8(9(2)13-14)7-10-3-5-11(12)6-4-10/h3-7,9H,1-2H3/b8-7+. The Morgan fingerprint density at radius 1 is 1.43 bits per heavy atom. The van der Waals surface area contributed by atoms with Crippen molar-refractivity contribution < 1.29 is 0 Å². The summed E-state index contributed by atoms with van der Waals surface area (Å²) in [4.78, 5) is 10.3. The van der Waals surface area contributed by atoms with Gasteiger partial charge in [-0.3, -0.25) is 0 Å². The average molecular weight is 210 g/mol. The molecule has 3 heteroatoms. The minimum absolute atomic E-state index is 0.273. The first-order valence-corrected chi connectivity index (χ1v) is 4.77.